The van der Waals surface area contributed by atoms with Crippen molar-refractivity contribution in [3.8, 4) is 11.1 Å². The van der Waals surface area contributed by atoms with Gasteiger partial charge in [0.2, 0.25) is 11.8 Å². The van der Waals surface area contributed by atoms with Gasteiger partial charge in [-0.2, -0.15) is 0 Å². The smallest absolute Gasteiger partial charge is 0.253 e. The first-order valence-electron chi connectivity index (χ1n) is 14.4. The van der Waals surface area contributed by atoms with Gasteiger partial charge in [-0.15, -0.1) is 0 Å². The van der Waals surface area contributed by atoms with Crippen LogP contribution in [0.3, 0.4) is 0 Å². The molecule has 3 aromatic rings. The molecule has 0 bridgehead atoms. The lowest BCUT2D eigenvalue weighted by molar-refractivity contribution is -0.130. The van der Waals surface area contributed by atoms with Crippen molar-refractivity contribution in [1.82, 2.24) is 19.8 Å². The fourth-order valence-electron chi connectivity index (χ4n) is 6.19. The van der Waals surface area contributed by atoms with E-state index in [1.54, 1.807) is 17.9 Å². The summed E-state index contributed by atoms with van der Waals surface area (Å²) in [5.74, 6) is -0.394. The van der Waals surface area contributed by atoms with Gasteiger partial charge in [0.1, 0.15) is 6.04 Å². The zero-order chi connectivity index (χ0) is 28.2. The first-order valence-corrected chi connectivity index (χ1v) is 14.4. The van der Waals surface area contributed by atoms with Crippen LogP contribution < -0.4 is 10.6 Å². The molecular weight excluding hydrogens is 502 g/mol. The van der Waals surface area contributed by atoms with Crippen LogP contribution in [-0.2, 0) is 22.7 Å². The van der Waals surface area contributed by atoms with Crippen LogP contribution in [0, 0.1) is 19.8 Å². The minimum Gasteiger partial charge on any atom is -0.347 e. The van der Waals surface area contributed by atoms with Crippen LogP contribution in [0.1, 0.15) is 72.8 Å². The fourth-order valence-corrected chi connectivity index (χ4v) is 6.19. The second kappa shape index (κ2) is 12.1. The number of carbonyl (C=O) groups is 3. The third kappa shape index (κ3) is 5.96. The van der Waals surface area contributed by atoms with Crippen LogP contribution >= 0.6 is 0 Å². The molecule has 8 heteroatoms. The number of hydrogen-bond donors (Lipinski definition) is 2. The van der Waals surface area contributed by atoms with Crippen molar-refractivity contribution in [3.05, 3.63) is 71.3 Å². The normalized spacial score (nSPS) is 16.5. The molecule has 1 unspecified atom stereocenters. The summed E-state index contributed by atoms with van der Waals surface area (Å²) in [6.07, 6.45) is 9.94. The summed E-state index contributed by atoms with van der Waals surface area (Å²) in [6, 6.07) is 11.0. The molecule has 0 radical (unpaired) electrons. The lowest BCUT2D eigenvalue weighted by Gasteiger charge is -2.29. The van der Waals surface area contributed by atoms with E-state index in [1.807, 2.05) is 54.2 Å². The Morgan fingerprint density at radius 3 is 2.35 bits per heavy atom. The number of pyridine rings is 1. The van der Waals surface area contributed by atoms with E-state index in [-0.39, 0.29) is 23.6 Å². The van der Waals surface area contributed by atoms with Crippen molar-refractivity contribution in [3.63, 3.8) is 0 Å². The molecule has 1 aliphatic heterocycles. The van der Waals surface area contributed by atoms with Crippen LogP contribution in [-0.4, -0.2) is 44.8 Å². The number of amides is 3. The van der Waals surface area contributed by atoms with E-state index in [2.05, 4.69) is 22.5 Å². The Hall–Kier alpha value is -3.94. The van der Waals surface area contributed by atoms with E-state index < -0.39 is 6.04 Å². The van der Waals surface area contributed by atoms with E-state index in [0.717, 1.165) is 66.6 Å². The Kier molecular flexibility index (Phi) is 8.33. The van der Waals surface area contributed by atoms with Gasteiger partial charge >= 0.3 is 0 Å². The molecule has 2 N–H and O–H groups in total. The van der Waals surface area contributed by atoms with Gasteiger partial charge in [-0.25, -0.2) is 0 Å². The molecule has 210 valence electrons. The third-order valence-corrected chi connectivity index (χ3v) is 8.45. The molecule has 5 rings (SSSR count). The number of fused-ring (bicyclic) bond motifs is 1. The number of anilines is 1. The second-order valence-corrected chi connectivity index (χ2v) is 11.2. The van der Waals surface area contributed by atoms with Crippen LogP contribution in [0.2, 0.25) is 0 Å². The average Bonchev–Trinajstić information content (AvgIpc) is 3.18. The molecule has 40 heavy (non-hydrogen) atoms. The van der Waals surface area contributed by atoms with Crippen molar-refractivity contribution in [1.29, 1.82) is 0 Å². The molecule has 1 atom stereocenters. The van der Waals surface area contributed by atoms with Gasteiger partial charge < -0.3 is 20.1 Å². The maximum atomic E-state index is 13.7. The van der Waals surface area contributed by atoms with Crippen molar-refractivity contribution < 1.29 is 14.4 Å². The number of nitrogens with zero attached hydrogens (tertiary/aromatic N) is 3. The van der Waals surface area contributed by atoms with Gasteiger partial charge in [0, 0.05) is 49.4 Å². The molecule has 0 spiro atoms. The zero-order valence-corrected chi connectivity index (χ0v) is 23.7. The van der Waals surface area contributed by atoms with Gasteiger partial charge in [0.05, 0.1) is 17.8 Å². The standard InChI is InChI=1S/C32H39N5O3/c1-21-14-16-33-22(2)29(21)24-10-12-26(13-11-24)34-32(40)30(25-8-6-4-5-7-9-25)35-31(39)27-15-17-36-18-19-37(23(3)38)20-28(27)36/h10-17,25,30H,4-9,18-20H2,1-3H3,(H,34,40)(H,35,39). The Morgan fingerprint density at radius 2 is 1.68 bits per heavy atom. The molecule has 1 fully saturated rings. The minimum atomic E-state index is -0.642. The van der Waals surface area contributed by atoms with Crippen molar-refractivity contribution in [2.24, 2.45) is 5.92 Å². The summed E-state index contributed by atoms with van der Waals surface area (Å²) in [5.41, 5.74) is 6.31. The Bertz CT molecular complexity index is 1370. The summed E-state index contributed by atoms with van der Waals surface area (Å²) in [4.78, 5) is 45.5. The first kappa shape index (κ1) is 27.6. The molecule has 3 amide bonds. The number of carbonyl (C=O) groups excluding carboxylic acids is 3. The van der Waals surface area contributed by atoms with Crippen LogP contribution in [0.4, 0.5) is 5.69 Å². The SMILES string of the molecule is CC(=O)N1CCn2ccc(C(=O)NC(C(=O)Nc3ccc(-c4c(C)ccnc4C)cc3)C3CCCCCC3)c2C1. The Labute approximate surface area is 236 Å². The molecule has 3 heterocycles. The zero-order valence-electron chi connectivity index (χ0n) is 23.7. The number of aromatic nitrogens is 2. The topological polar surface area (TPSA) is 96.3 Å². The highest BCUT2D eigenvalue weighted by Gasteiger charge is 2.32. The van der Waals surface area contributed by atoms with E-state index in [1.165, 1.54) is 0 Å². The van der Waals surface area contributed by atoms with Crippen molar-refractivity contribution in [2.75, 3.05) is 11.9 Å². The number of aryl methyl sites for hydroxylation is 2. The predicted molar refractivity (Wildman–Crippen MR) is 156 cm³/mol. The average molecular weight is 542 g/mol. The van der Waals surface area contributed by atoms with E-state index in [0.29, 0.717) is 30.9 Å². The van der Waals surface area contributed by atoms with Crippen molar-refractivity contribution >= 4 is 23.4 Å². The maximum Gasteiger partial charge on any atom is 0.253 e. The highest BCUT2D eigenvalue weighted by molar-refractivity contribution is 6.02. The highest BCUT2D eigenvalue weighted by atomic mass is 16.2. The highest BCUT2D eigenvalue weighted by Crippen LogP contribution is 2.29. The number of nitrogens with one attached hydrogen (secondary N) is 2. The predicted octanol–water partition coefficient (Wildman–Crippen LogP) is 5.24. The maximum absolute atomic E-state index is 13.7. The second-order valence-electron chi connectivity index (χ2n) is 11.2. The minimum absolute atomic E-state index is 0.00520. The number of hydrogen-bond acceptors (Lipinski definition) is 4. The third-order valence-electron chi connectivity index (χ3n) is 8.45. The summed E-state index contributed by atoms with van der Waals surface area (Å²) in [7, 11) is 0. The van der Waals surface area contributed by atoms with Crippen LogP contribution in [0.15, 0.2) is 48.8 Å². The van der Waals surface area contributed by atoms with Crippen LogP contribution in [0.5, 0.6) is 0 Å². The Morgan fingerprint density at radius 1 is 0.950 bits per heavy atom. The van der Waals surface area contributed by atoms with Gasteiger partial charge in [-0.05, 0) is 68.0 Å². The van der Waals surface area contributed by atoms with E-state index in [9.17, 15) is 14.4 Å². The molecule has 2 aliphatic rings. The van der Waals surface area contributed by atoms with Crippen molar-refractivity contribution in [2.45, 2.75) is 78.4 Å². The molecule has 1 aliphatic carbocycles. The van der Waals surface area contributed by atoms with Gasteiger partial charge in [-0.1, -0.05) is 37.8 Å². The van der Waals surface area contributed by atoms with Gasteiger partial charge in [-0.3, -0.25) is 19.4 Å². The molecule has 1 aromatic carbocycles. The van der Waals surface area contributed by atoms with E-state index >= 15 is 0 Å². The number of rotatable bonds is 6. The summed E-state index contributed by atoms with van der Waals surface area (Å²) < 4.78 is 2.03. The summed E-state index contributed by atoms with van der Waals surface area (Å²) >= 11 is 0. The van der Waals surface area contributed by atoms with Gasteiger partial charge in [0.25, 0.3) is 5.91 Å². The van der Waals surface area contributed by atoms with Gasteiger partial charge in [0.15, 0.2) is 0 Å². The van der Waals surface area contributed by atoms with E-state index in [4.69, 9.17) is 0 Å². The molecule has 2 aromatic heterocycles. The fraction of sp³-hybridized carbons (Fsp3) is 0.438. The number of benzene rings is 1. The summed E-state index contributed by atoms with van der Waals surface area (Å²) in [5, 5.41) is 6.18. The quantitative estimate of drug-likeness (QED) is 0.418. The molecule has 8 nitrogen and oxygen atoms in total. The first-order chi connectivity index (χ1) is 19.3. The lowest BCUT2D eigenvalue weighted by atomic mass is 9.90. The summed E-state index contributed by atoms with van der Waals surface area (Å²) in [6.45, 7) is 7.30. The molecule has 0 saturated heterocycles. The molecule has 1 saturated carbocycles. The molecular formula is C32H39N5O3. The van der Waals surface area contributed by atoms with Crippen LogP contribution in [0.25, 0.3) is 11.1 Å². The largest absolute Gasteiger partial charge is 0.347 e. The Balaban J connectivity index is 1.35. The lowest BCUT2D eigenvalue weighted by Crippen LogP contribution is -2.49. The monoisotopic (exact) mass is 541 g/mol.